The fourth-order valence-corrected chi connectivity index (χ4v) is 0.700. The lowest BCUT2D eigenvalue weighted by Crippen LogP contribution is -2.29. The third kappa shape index (κ3) is 1.28. The van der Waals surface area contributed by atoms with E-state index in [-0.39, 0.29) is 0 Å². The van der Waals surface area contributed by atoms with Crippen molar-refractivity contribution < 1.29 is 9.59 Å². The zero-order chi connectivity index (χ0) is 6.85. The normalized spacial score (nSPS) is 17.0. The van der Waals surface area contributed by atoms with E-state index in [4.69, 9.17) is 0 Å². The van der Waals surface area contributed by atoms with Gasteiger partial charge in [0.1, 0.15) is 0 Å². The molecule has 3 heteroatoms. The second kappa shape index (κ2) is 2.17. The lowest BCUT2D eigenvalue weighted by atomic mass is 10.5. The molecule has 0 bridgehead atoms. The van der Waals surface area contributed by atoms with Gasteiger partial charge in [-0.1, -0.05) is 0 Å². The Balaban J connectivity index is 2.39. The van der Waals surface area contributed by atoms with Crippen LogP contribution in [0.1, 0.15) is 12.8 Å². The molecular formula is C6H8NO2. The number of nitrogens with zero attached hydrogens (tertiary/aromatic N) is 1. The standard InChI is InChI=1S/C6H8NO2/c1-7(5-2-3-5)6(9)4-8/h5H,2-3H2,1H3. The Bertz CT molecular complexity index is 140. The highest BCUT2D eigenvalue weighted by atomic mass is 16.2. The summed E-state index contributed by atoms with van der Waals surface area (Å²) in [5, 5.41) is 0. The quantitative estimate of drug-likeness (QED) is 0.477. The molecule has 0 saturated heterocycles. The Morgan fingerprint density at radius 1 is 1.67 bits per heavy atom. The Kier molecular flexibility index (Phi) is 1.51. The zero-order valence-corrected chi connectivity index (χ0v) is 5.26. The molecule has 1 fully saturated rings. The Hall–Kier alpha value is -0.860. The summed E-state index contributed by atoms with van der Waals surface area (Å²) in [6.45, 7) is 0. The number of hydrogen-bond donors (Lipinski definition) is 0. The molecule has 3 nitrogen and oxygen atoms in total. The van der Waals surface area contributed by atoms with Crippen LogP contribution in [0, 0.1) is 0 Å². The molecule has 0 aliphatic heterocycles. The van der Waals surface area contributed by atoms with Crippen LogP contribution in [0.25, 0.3) is 0 Å². The van der Waals surface area contributed by atoms with E-state index in [1.165, 1.54) is 11.2 Å². The van der Waals surface area contributed by atoms with Gasteiger partial charge in [0.25, 0.3) is 12.2 Å². The van der Waals surface area contributed by atoms with E-state index in [0.717, 1.165) is 12.8 Å². The highest BCUT2D eigenvalue weighted by Crippen LogP contribution is 2.24. The predicted octanol–water partition coefficient (Wildman–Crippen LogP) is -0.283. The minimum atomic E-state index is -0.530. The van der Waals surface area contributed by atoms with Gasteiger partial charge in [0.05, 0.1) is 0 Å². The Labute approximate surface area is 53.6 Å². The minimum absolute atomic E-state index is 0.318. The fourth-order valence-electron chi connectivity index (χ4n) is 0.700. The topological polar surface area (TPSA) is 37.4 Å². The maximum Gasteiger partial charge on any atom is 0.298 e. The molecule has 0 aromatic rings. The second-order valence-corrected chi connectivity index (χ2v) is 2.25. The van der Waals surface area contributed by atoms with Crippen LogP contribution in [-0.2, 0) is 9.59 Å². The molecule has 1 aliphatic carbocycles. The molecule has 0 heterocycles. The van der Waals surface area contributed by atoms with Crippen LogP contribution < -0.4 is 0 Å². The van der Waals surface area contributed by atoms with Gasteiger partial charge in [-0.15, -0.1) is 0 Å². The molecule has 1 aliphatic rings. The molecule has 0 aromatic heterocycles. The smallest absolute Gasteiger partial charge is 0.298 e. The van der Waals surface area contributed by atoms with Crippen molar-refractivity contribution in [1.29, 1.82) is 0 Å². The first-order chi connectivity index (χ1) is 4.25. The highest BCUT2D eigenvalue weighted by molar-refractivity contribution is 6.23. The third-order valence-electron chi connectivity index (χ3n) is 1.50. The van der Waals surface area contributed by atoms with E-state index in [1.807, 2.05) is 0 Å². The fraction of sp³-hybridized carbons (Fsp3) is 0.667. The molecule has 0 atom stereocenters. The first-order valence-corrected chi connectivity index (χ1v) is 2.90. The first kappa shape index (κ1) is 6.26. The van der Waals surface area contributed by atoms with Crippen LogP contribution in [0.5, 0.6) is 0 Å². The average molecular weight is 126 g/mol. The molecule has 1 rings (SSSR count). The van der Waals surface area contributed by atoms with Crippen molar-refractivity contribution in [3.8, 4) is 0 Å². The molecule has 1 amide bonds. The summed E-state index contributed by atoms with van der Waals surface area (Å²) in [5.41, 5.74) is 0. The van der Waals surface area contributed by atoms with E-state index < -0.39 is 5.91 Å². The number of likely N-dealkylation sites (N-methyl/N-ethyl adjacent to an activating group) is 1. The average Bonchev–Trinajstić information content (AvgIpc) is 2.66. The van der Waals surface area contributed by atoms with Crippen LogP contribution >= 0.6 is 0 Å². The summed E-state index contributed by atoms with van der Waals surface area (Å²) in [5.74, 6) is -0.530. The minimum Gasteiger partial charge on any atom is -0.336 e. The van der Waals surface area contributed by atoms with Gasteiger partial charge in [-0.25, -0.2) is 0 Å². The van der Waals surface area contributed by atoms with Gasteiger partial charge in [0, 0.05) is 13.1 Å². The van der Waals surface area contributed by atoms with Crippen LogP contribution in [0.4, 0.5) is 0 Å². The molecule has 0 aromatic carbocycles. The highest BCUT2D eigenvalue weighted by Gasteiger charge is 2.29. The van der Waals surface area contributed by atoms with Crippen molar-refractivity contribution in [2.24, 2.45) is 0 Å². The summed E-state index contributed by atoms with van der Waals surface area (Å²) in [6, 6.07) is 0.318. The molecule has 0 unspecified atom stereocenters. The van der Waals surface area contributed by atoms with Gasteiger partial charge in [-0.3, -0.25) is 9.59 Å². The summed E-state index contributed by atoms with van der Waals surface area (Å²) < 4.78 is 0. The van der Waals surface area contributed by atoms with Crippen molar-refractivity contribution in [1.82, 2.24) is 4.90 Å². The molecule has 1 saturated carbocycles. The molecule has 1 radical (unpaired) electrons. The van der Waals surface area contributed by atoms with Crippen molar-refractivity contribution >= 4 is 12.2 Å². The van der Waals surface area contributed by atoms with E-state index >= 15 is 0 Å². The molecule has 0 N–H and O–H groups in total. The van der Waals surface area contributed by atoms with Crippen LogP contribution in [0.2, 0.25) is 0 Å². The van der Waals surface area contributed by atoms with Gasteiger partial charge in [-0.2, -0.15) is 0 Å². The van der Waals surface area contributed by atoms with Gasteiger partial charge in [0.2, 0.25) is 0 Å². The van der Waals surface area contributed by atoms with Crippen molar-refractivity contribution in [2.45, 2.75) is 18.9 Å². The molecular weight excluding hydrogens is 118 g/mol. The largest absolute Gasteiger partial charge is 0.336 e. The van der Waals surface area contributed by atoms with E-state index in [1.54, 1.807) is 7.05 Å². The molecule has 0 spiro atoms. The Morgan fingerprint density at radius 3 is 2.56 bits per heavy atom. The van der Waals surface area contributed by atoms with Crippen molar-refractivity contribution in [3.63, 3.8) is 0 Å². The van der Waals surface area contributed by atoms with E-state index in [2.05, 4.69) is 0 Å². The lowest BCUT2D eigenvalue weighted by molar-refractivity contribution is -0.123. The number of carbonyl (C=O) groups excluding carboxylic acids is 2. The van der Waals surface area contributed by atoms with Crippen molar-refractivity contribution in [3.05, 3.63) is 0 Å². The van der Waals surface area contributed by atoms with Gasteiger partial charge in [-0.05, 0) is 12.8 Å². The van der Waals surface area contributed by atoms with Crippen LogP contribution in [0.3, 0.4) is 0 Å². The number of carbonyl (C=O) groups is 1. The van der Waals surface area contributed by atoms with E-state index in [9.17, 15) is 9.59 Å². The van der Waals surface area contributed by atoms with Gasteiger partial charge >= 0.3 is 0 Å². The second-order valence-electron chi connectivity index (χ2n) is 2.25. The zero-order valence-electron chi connectivity index (χ0n) is 5.26. The number of rotatable bonds is 2. The predicted molar refractivity (Wildman–Crippen MR) is 31.5 cm³/mol. The molecule has 9 heavy (non-hydrogen) atoms. The van der Waals surface area contributed by atoms with Crippen LogP contribution in [0.15, 0.2) is 0 Å². The monoisotopic (exact) mass is 126 g/mol. The first-order valence-electron chi connectivity index (χ1n) is 2.90. The summed E-state index contributed by atoms with van der Waals surface area (Å²) in [4.78, 5) is 21.7. The number of amides is 1. The lowest BCUT2D eigenvalue weighted by Gasteiger charge is -2.09. The third-order valence-corrected chi connectivity index (χ3v) is 1.50. The summed E-state index contributed by atoms with van der Waals surface area (Å²) >= 11 is 0. The van der Waals surface area contributed by atoms with Gasteiger partial charge < -0.3 is 4.90 Å². The summed E-state index contributed by atoms with van der Waals surface area (Å²) in [7, 11) is 1.63. The van der Waals surface area contributed by atoms with Crippen molar-refractivity contribution in [2.75, 3.05) is 7.05 Å². The maximum absolute atomic E-state index is 10.5. The summed E-state index contributed by atoms with van der Waals surface area (Å²) in [6.07, 6.45) is 3.39. The van der Waals surface area contributed by atoms with Gasteiger partial charge in [0.15, 0.2) is 0 Å². The SMILES string of the molecule is CN(C(=O)[C]=O)C1CC1. The maximum atomic E-state index is 10.5. The Morgan fingerprint density at radius 2 is 2.22 bits per heavy atom. The molecule has 49 valence electrons. The van der Waals surface area contributed by atoms with Crippen LogP contribution in [-0.4, -0.2) is 30.2 Å². The van der Waals surface area contributed by atoms with E-state index in [0.29, 0.717) is 6.04 Å². The number of hydrogen-bond acceptors (Lipinski definition) is 2.